The molecular weight excluding hydrogens is 528 g/mol. The van der Waals surface area contributed by atoms with Crippen LogP contribution in [0.4, 0.5) is 4.39 Å². The lowest BCUT2D eigenvalue weighted by molar-refractivity contribution is -0.204. The zero-order valence-electron chi connectivity index (χ0n) is 15.1. The molecule has 1 aromatic heterocycles. The second-order valence-electron chi connectivity index (χ2n) is 5.95. The molecule has 180 valence electrons. The zero-order valence-corrected chi connectivity index (χ0v) is 18.6. The number of nitrogens with zero attached hydrogens (tertiary/aromatic N) is 1. The number of halogens is 1. The molecule has 32 heavy (non-hydrogen) atoms. The smallest absolute Gasteiger partial charge is 0.385 e. The first-order valence-corrected chi connectivity index (χ1v) is 12.7. The van der Waals surface area contributed by atoms with Crippen molar-refractivity contribution in [1.82, 2.24) is 9.55 Å². The highest BCUT2D eigenvalue weighted by molar-refractivity contribution is 7.71. The SMILES string of the molecule is C#Cc1cn([C@@H]2O[C@](F)(COP(=O)(O)OP(=O)(O)OP(=O)(O)O)[C@@H](O)[C@H]2O)c(=S)[nH]c1=O. The lowest BCUT2D eigenvalue weighted by Crippen LogP contribution is -2.42. The van der Waals surface area contributed by atoms with E-state index < -0.39 is 64.7 Å². The van der Waals surface area contributed by atoms with Crippen LogP contribution in [0.15, 0.2) is 11.0 Å². The van der Waals surface area contributed by atoms with Gasteiger partial charge in [-0.25, -0.2) is 18.1 Å². The predicted octanol–water partition coefficient (Wildman–Crippen LogP) is -0.853. The topological polar surface area (TPSA) is 247 Å². The van der Waals surface area contributed by atoms with E-state index in [4.69, 9.17) is 38.1 Å². The van der Waals surface area contributed by atoms with Gasteiger partial charge in [-0.05, 0) is 12.2 Å². The van der Waals surface area contributed by atoms with Crippen LogP contribution in [0.2, 0.25) is 0 Å². The van der Waals surface area contributed by atoms with Crippen molar-refractivity contribution in [3.8, 4) is 12.3 Å². The number of nitrogens with one attached hydrogen (secondary N) is 1. The Morgan fingerprint density at radius 3 is 2.38 bits per heavy atom. The number of rotatable bonds is 8. The highest BCUT2D eigenvalue weighted by atomic mass is 32.1. The number of aliphatic hydroxyl groups is 2. The molecule has 21 heteroatoms. The summed E-state index contributed by atoms with van der Waals surface area (Å²) in [4.78, 5) is 49.1. The summed E-state index contributed by atoms with van der Waals surface area (Å²) in [7, 11) is -17.3. The summed E-state index contributed by atoms with van der Waals surface area (Å²) in [5, 5.41) is 20.1. The number of hydrogen-bond donors (Lipinski definition) is 7. The summed E-state index contributed by atoms with van der Waals surface area (Å²) in [5.74, 6) is -1.48. The Labute approximate surface area is 181 Å². The lowest BCUT2D eigenvalue weighted by atomic mass is 10.1. The van der Waals surface area contributed by atoms with Gasteiger partial charge in [0, 0.05) is 6.20 Å². The van der Waals surface area contributed by atoms with Crippen molar-refractivity contribution in [2.75, 3.05) is 6.61 Å². The molecule has 0 spiro atoms. The molecule has 0 amide bonds. The summed E-state index contributed by atoms with van der Waals surface area (Å²) >= 11 is 4.85. The highest BCUT2D eigenvalue weighted by Crippen LogP contribution is 2.66. The van der Waals surface area contributed by atoms with Crippen molar-refractivity contribution < 1.29 is 65.8 Å². The van der Waals surface area contributed by atoms with Gasteiger partial charge in [-0.1, -0.05) is 5.92 Å². The summed E-state index contributed by atoms with van der Waals surface area (Å²) in [6, 6.07) is 0. The number of aromatic amines is 1. The van der Waals surface area contributed by atoms with Gasteiger partial charge < -0.3 is 34.5 Å². The van der Waals surface area contributed by atoms with Crippen LogP contribution in [0, 0.1) is 17.1 Å². The van der Waals surface area contributed by atoms with Gasteiger partial charge in [0.2, 0.25) is 0 Å². The second-order valence-corrected chi connectivity index (χ2v) is 10.8. The average Bonchev–Trinajstić information content (AvgIpc) is 2.82. The van der Waals surface area contributed by atoms with Gasteiger partial charge in [-0.15, -0.1) is 6.42 Å². The van der Waals surface area contributed by atoms with Crippen LogP contribution in [-0.4, -0.2) is 64.0 Å². The number of ether oxygens (including phenoxy) is 1. The number of phosphoric ester groups is 1. The van der Waals surface area contributed by atoms with Gasteiger partial charge in [-0.3, -0.25) is 18.9 Å². The Morgan fingerprint density at radius 1 is 1.25 bits per heavy atom. The Hall–Kier alpha value is -1.12. The third kappa shape index (κ3) is 6.48. The van der Waals surface area contributed by atoms with Crippen LogP contribution in [0.5, 0.6) is 0 Å². The second kappa shape index (κ2) is 9.26. The minimum absolute atomic E-state index is 0.312. The largest absolute Gasteiger partial charge is 0.490 e. The van der Waals surface area contributed by atoms with E-state index in [-0.39, 0.29) is 5.56 Å². The van der Waals surface area contributed by atoms with E-state index in [1.54, 1.807) is 0 Å². The number of hydrogen-bond acceptors (Lipinski definition) is 11. The van der Waals surface area contributed by atoms with E-state index >= 15 is 4.39 Å². The first-order valence-electron chi connectivity index (χ1n) is 7.73. The molecule has 1 fully saturated rings. The Morgan fingerprint density at radius 2 is 1.84 bits per heavy atom. The van der Waals surface area contributed by atoms with Gasteiger partial charge >= 0.3 is 23.5 Å². The molecule has 0 bridgehead atoms. The van der Waals surface area contributed by atoms with Crippen LogP contribution in [0.3, 0.4) is 0 Å². The van der Waals surface area contributed by atoms with Crippen molar-refractivity contribution in [3.05, 3.63) is 26.9 Å². The van der Waals surface area contributed by atoms with Crippen LogP contribution in [-0.2, 0) is 31.6 Å². The molecule has 1 saturated heterocycles. The number of alkyl halides is 1. The molecule has 1 aliphatic rings. The molecule has 2 heterocycles. The van der Waals surface area contributed by atoms with Crippen LogP contribution in [0.1, 0.15) is 11.8 Å². The van der Waals surface area contributed by atoms with Gasteiger partial charge in [0.1, 0.15) is 24.4 Å². The monoisotopic (exact) mass is 542 g/mol. The number of terminal acetylenes is 1. The fraction of sp³-hybridized carbons (Fsp3) is 0.455. The standard InChI is InChI=1S/C11H14FN2O14P3S/c1-2-5-3-14(10(32)13-8(5)17)9-6(15)7(16)11(12,26-9)4-25-30(21,22)28-31(23,24)27-29(18,19)20/h1,3,6-7,9,15-16H,4H2,(H,21,22)(H,23,24)(H,13,17,32)(H2,18,19,20)/t6-,7+,9-,11-/m1/s1. The number of H-pyrrole nitrogens is 1. The molecule has 2 rings (SSSR count). The van der Waals surface area contributed by atoms with Gasteiger partial charge in [-0.2, -0.15) is 8.62 Å². The minimum Gasteiger partial charge on any atom is -0.385 e. The number of phosphoric acid groups is 3. The van der Waals surface area contributed by atoms with Crippen molar-refractivity contribution in [2.24, 2.45) is 0 Å². The minimum atomic E-state index is -5.87. The van der Waals surface area contributed by atoms with Crippen molar-refractivity contribution in [1.29, 1.82) is 0 Å². The van der Waals surface area contributed by atoms with E-state index in [1.165, 1.54) is 0 Å². The predicted molar refractivity (Wildman–Crippen MR) is 99.6 cm³/mol. The van der Waals surface area contributed by atoms with Crippen LogP contribution < -0.4 is 5.56 Å². The number of aromatic nitrogens is 2. The molecule has 6 atom stereocenters. The Kier molecular flexibility index (Phi) is 7.85. The van der Waals surface area contributed by atoms with Crippen molar-refractivity contribution >= 4 is 35.7 Å². The van der Waals surface area contributed by atoms with E-state index in [0.717, 1.165) is 10.8 Å². The van der Waals surface area contributed by atoms with Gasteiger partial charge in [0.15, 0.2) is 11.0 Å². The Bertz CT molecular complexity index is 1190. The fourth-order valence-electron chi connectivity index (χ4n) is 2.34. The maximum absolute atomic E-state index is 15.0. The maximum atomic E-state index is 15.0. The molecule has 2 unspecified atom stereocenters. The van der Waals surface area contributed by atoms with Crippen molar-refractivity contribution in [3.63, 3.8) is 0 Å². The molecule has 16 nitrogen and oxygen atoms in total. The van der Waals surface area contributed by atoms with E-state index in [0.29, 0.717) is 0 Å². The average molecular weight is 542 g/mol. The summed E-state index contributed by atoms with van der Waals surface area (Å²) in [5.41, 5.74) is -1.10. The molecule has 0 aliphatic carbocycles. The summed E-state index contributed by atoms with van der Waals surface area (Å²) in [6.45, 7) is -1.72. The molecule has 1 aliphatic heterocycles. The Balaban J connectivity index is 2.22. The van der Waals surface area contributed by atoms with E-state index in [2.05, 4.69) is 18.1 Å². The first-order chi connectivity index (χ1) is 14.4. The molecule has 0 saturated carbocycles. The molecule has 1 aromatic rings. The fourth-order valence-corrected chi connectivity index (χ4v) is 5.62. The van der Waals surface area contributed by atoms with Crippen molar-refractivity contribution in [2.45, 2.75) is 24.3 Å². The zero-order chi connectivity index (χ0) is 24.7. The molecule has 0 radical (unpaired) electrons. The molecule has 7 N–H and O–H groups in total. The quantitative estimate of drug-likeness (QED) is 0.120. The summed E-state index contributed by atoms with van der Waals surface area (Å²) in [6.07, 6.45) is -0.383. The lowest BCUT2D eigenvalue weighted by Gasteiger charge is -2.24. The maximum Gasteiger partial charge on any atom is 0.490 e. The summed E-state index contributed by atoms with van der Waals surface area (Å²) < 4.78 is 64.8. The van der Waals surface area contributed by atoms with E-state index in [9.17, 15) is 33.6 Å². The first kappa shape index (κ1) is 27.1. The number of aliphatic hydroxyl groups excluding tert-OH is 2. The van der Waals surface area contributed by atoms with Crippen LogP contribution >= 0.6 is 35.7 Å². The van der Waals surface area contributed by atoms with Gasteiger partial charge in [0.05, 0.1) is 0 Å². The van der Waals surface area contributed by atoms with E-state index in [1.807, 2.05) is 5.92 Å². The third-order valence-corrected chi connectivity index (χ3v) is 7.71. The van der Waals surface area contributed by atoms with Crippen LogP contribution in [0.25, 0.3) is 0 Å². The normalized spacial score (nSPS) is 29.8. The molecular formula is C11H14FN2O14P3S. The van der Waals surface area contributed by atoms with Gasteiger partial charge in [0.25, 0.3) is 11.4 Å². The molecule has 0 aromatic carbocycles. The highest BCUT2D eigenvalue weighted by Gasteiger charge is 2.57. The third-order valence-electron chi connectivity index (χ3n) is 3.61.